The third-order valence-electron chi connectivity index (χ3n) is 6.34. The van der Waals surface area contributed by atoms with E-state index in [2.05, 4.69) is 12.2 Å². The molecule has 3 unspecified atom stereocenters. The SMILES string of the molecule is CS(C)(CCC1CC2C=CC1C2)OC(=O)c1ccc(/C=C/c2cc(F)c(F)cc2F)cc1. The number of halogens is 3. The normalized spacial score (nSPS) is 22.6. The van der Waals surface area contributed by atoms with Crippen LogP contribution in [0.25, 0.3) is 12.2 Å². The molecule has 2 aromatic rings. The summed E-state index contributed by atoms with van der Waals surface area (Å²) < 4.78 is 46.0. The fourth-order valence-electron chi connectivity index (χ4n) is 4.54. The van der Waals surface area contributed by atoms with Gasteiger partial charge in [-0.25, -0.2) is 18.0 Å². The first-order valence-electron chi connectivity index (χ1n) is 10.8. The van der Waals surface area contributed by atoms with Crippen LogP contribution in [0.5, 0.6) is 0 Å². The molecule has 2 aromatic carbocycles. The van der Waals surface area contributed by atoms with E-state index in [1.165, 1.54) is 18.9 Å². The Labute approximate surface area is 188 Å². The van der Waals surface area contributed by atoms with E-state index in [1.54, 1.807) is 30.3 Å². The minimum absolute atomic E-state index is 0.0521. The van der Waals surface area contributed by atoms with Gasteiger partial charge in [0.15, 0.2) is 11.6 Å². The van der Waals surface area contributed by atoms with Crippen molar-refractivity contribution in [3.05, 3.63) is 82.7 Å². The third-order valence-corrected chi connectivity index (χ3v) is 8.16. The molecule has 0 aromatic heterocycles. The summed E-state index contributed by atoms with van der Waals surface area (Å²) >= 11 is 0. The van der Waals surface area contributed by atoms with E-state index >= 15 is 0 Å². The summed E-state index contributed by atoms with van der Waals surface area (Å²) in [5.41, 5.74) is 1.09. The molecule has 0 N–H and O–H groups in total. The Bertz CT molecular complexity index is 1060. The number of benzene rings is 2. The maximum atomic E-state index is 13.7. The summed E-state index contributed by atoms with van der Waals surface area (Å²) in [4.78, 5) is 12.6. The van der Waals surface area contributed by atoms with E-state index in [4.69, 9.17) is 4.18 Å². The molecule has 0 radical (unpaired) electrons. The van der Waals surface area contributed by atoms with Gasteiger partial charge in [0.05, 0.1) is 5.56 Å². The Morgan fingerprint density at radius 3 is 2.38 bits per heavy atom. The first-order valence-corrected chi connectivity index (χ1v) is 13.3. The van der Waals surface area contributed by atoms with E-state index in [9.17, 15) is 18.0 Å². The number of fused-ring (bicyclic) bond motifs is 2. The molecule has 4 rings (SSSR count). The van der Waals surface area contributed by atoms with Crippen molar-refractivity contribution in [3.8, 4) is 0 Å². The molecule has 32 heavy (non-hydrogen) atoms. The van der Waals surface area contributed by atoms with Gasteiger partial charge in [-0.15, -0.1) is 0 Å². The lowest BCUT2D eigenvalue weighted by atomic mass is 9.91. The molecule has 1 saturated carbocycles. The zero-order chi connectivity index (χ0) is 22.9. The highest BCUT2D eigenvalue weighted by Crippen LogP contribution is 2.49. The Hall–Kier alpha value is -2.47. The molecule has 0 amide bonds. The summed E-state index contributed by atoms with van der Waals surface area (Å²) in [7, 11) is -1.50. The zero-order valence-corrected chi connectivity index (χ0v) is 19.0. The van der Waals surface area contributed by atoms with Gasteiger partial charge in [0.2, 0.25) is 0 Å². The lowest BCUT2D eigenvalue weighted by Crippen LogP contribution is -2.16. The second kappa shape index (κ2) is 9.18. The molecule has 1 fully saturated rings. The van der Waals surface area contributed by atoms with E-state index in [0.717, 1.165) is 24.2 Å². The largest absolute Gasteiger partial charge is 0.412 e. The highest BCUT2D eigenvalue weighted by atomic mass is 32.3. The van der Waals surface area contributed by atoms with Crippen molar-refractivity contribution in [1.82, 2.24) is 0 Å². The van der Waals surface area contributed by atoms with Crippen molar-refractivity contribution >= 4 is 28.4 Å². The predicted octanol–water partition coefficient (Wildman–Crippen LogP) is 7.01. The van der Waals surface area contributed by atoms with Crippen molar-refractivity contribution in [2.75, 3.05) is 18.3 Å². The van der Waals surface area contributed by atoms with Gasteiger partial charge < -0.3 is 4.18 Å². The predicted molar refractivity (Wildman–Crippen MR) is 125 cm³/mol. The van der Waals surface area contributed by atoms with Gasteiger partial charge in [-0.2, -0.15) is 0 Å². The van der Waals surface area contributed by atoms with Crippen molar-refractivity contribution < 1.29 is 22.1 Å². The third kappa shape index (κ3) is 5.29. The summed E-state index contributed by atoms with van der Waals surface area (Å²) in [5.74, 6) is -0.455. The van der Waals surface area contributed by atoms with Crippen molar-refractivity contribution in [3.63, 3.8) is 0 Å². The molecule has 2 nitrogen and oxygen atoms in total. The van der Waals surface area contributed by atoms with Crippen LogP contribution in [0.1, 0.15) is 40.7 Å². The van der Waals surface area contributed by atoms with Gasteiger partial charge in [0.1, 0.15) is 5.82 Å². The monoisotopic (exact) mass is 460 g/mol. The number of carbonyl (C=O) groups excluding carboxylic acids is 1. The maximum absolute atomic E-state index is 13.7. The lowest BCUT2D eigenvalue weighted by molar-refractivity contribution is 0.0759. The molecule has 0 aliphatic heterocycles. The summed E-state index contributed by atoms with van der Waals surface area (Å²) in [6, 6.07) is 8.04. The van der Waals surface area contributed by atoms with Crippen LogP contribution in [-0.4, -0.2) is 24.2 Å². The van der Waals surface area contributed by atoms with Gasteiger partial charge >= 0.3 is 5.97 Å². The molecule has 0 heterocycles. The topological polar surface area (TPSA) is 26.3 Å². The molecular formula is C26H27F3O2S. The highest BCUT2D eigenvalue weighted by molar-refractivity contribution is 8.29. The van der Waals surface area contributed by atoms with Crippen molar-refractivity contribution in [2.45, 2.75) is 19.3 Å². The Morgan fingerprint density at radius 2 is 1.72 bits per heavy atom. The smallest absolute Gasteiger partial charge is 0.348 e. The van der Waals surface area contributed by atoms with Crippen LogP contribution < -0.4 is 0 Å². The summed E-state index contributed by atoms with van der Waals surface area (Å²) in [6.45, 7) is 0. The quantitative estimate of drug-likeness (QED) is 0.252. The Kier molecular flexibility index (Phi) is 6.52. The van der Waals surface area contributed by atoms with Gasteiger partial charge in [0, 0.05) is 17.4 Å². The number of carbonyl (C=O) groups is 1. The van der Waals surface area contributed by atoms with E-state index in [0.29, 0.717) is 29.0 Å². The van der Waals surface area contributed by atoms with Gasteiger partial charge in [-0.1, -0.05) is 46.7 Å². The zero-order valence-electron chi connectivity index (χ0n) is 18.2. The minimum Gasteiger partial charge on any atom is -0.412 e. The molecule has 2 bridgehead atoms. The molecule has 3 atom stereocenters. The molecular weight excluding hydrogens is 433 g/mol. The number of allylic oxidation sites excluding steroid dienone is 2. The van der Waals surface area contributed by atoms with Crippen LogP contribution in [0.3, 0.4) is 0 Å². The van der Waals surface area contributed by atoms with Gasteiger partial charge in [-0.3, -0.25) is 0 Å². The Balaban J connectivity index is 1.33. The number of rotatable bonds is 7. The van der Waals surface area contributed by atoms with E-state index in [1.807, 2.05) is 12.5 Å². The number of hydrogen-bond acceptors (Lipinski definition) is 2. The molecule has 170 valence electrons. The highest BCUT2D eigenvalue weighted by Gasteiger charge is 2.36. The van der Waals surface area contributed by atoms with Gasteiger partial charge in [-0.05, 0) is 73.3 Å². The van der Waals surface area contributed by atoms with Crippen LogP contribution in [0.2, 0.25) is 0 Å². The average molecular weight is 461 g/mol. The second-order valence-electron chi connectivity index (χ2n) is 9.08. The minimum atomic E-state index is -1.50. The second-order valence-corrected chi connectivity index (χ2v) is 12.5. The molecule has 6 heteroatoms. The summed E-state index contributed by atoms with van der Waals surface area (Å²) in [5, 5.41) is 0. The maximum Gasteiger partial charge on any atom is 0.348 e. The Morgan fingerprint density at radius 1 is 1.00 bits per heavy atom. The first-order chi connectivity index (χ1) is 15.2. The lowest BCUT2D eigenvalue weighted by Gasteiger charge is -2.32. The first kappa shape index (κ1) is 22.7. The van der Waals surface area contributed by atoms with Crippen LogP contribution in [0.15, 0.2) is 48.6 Å². The van der Waals surface area contributed by atoms with Crippen molar-refractivity contribution in [1.29, 1.82) is 0 Å². The molecule has 0 saturated heterocycles. The van der Waals surface area contributed by atoms with Crippen LogP contribution in [-0.2, 0) is 4.18 Å². The van der Waals surface area contributed by atoms with Crippen LogP contribution in [0, 0.1) is 35.2 Å². The average Bonchev–Trinajstić information content (AvgIpc) is 3.37. The van der Waals surface area contributed by atoms with E-state index in [-0.39, 0.29) is 11.5 Å². The van der Waals surface area contributed by atoms with Gasteiger partial charge in [0.25, 0.3) is 0 Å². The fourth-order valence-corrected chi connectivity index (χ4v) is 6.00. The molecule has 0 spiro atoms. The van der Waals surface area contributed by atoms with Crippen LogP contribution in [0.4, 0.5) is 13.2 Å². The fraction of sp³-hybridized carbons (Fsp3) is 0.346. The molecule has 2 aliphatic carbocycles. The summed E-state index contributed by atoms with van der Waals surface area (Å²) in [6.07, 6.45) is 15.3. The standard InChI is InChI=1S/C26H27F3O2S/c1-32(2,12-11-21-14-18-6-9-20(21)13-18)31-26(30)19-7-3-17(4-8-19)5-10-22-15-24(28)25(29)16-23(22)27/h3-10,15-16,18,20-21H,11-14H2,1-2H3/b10-5+. The molecule has 2 aliphatic rings. The van der Waals surface area contributed by atoms with Crippen LogP contribution >= 0.6 is 10.3 Å². The van der Waals surface area contributed by atoms with Crippen molar-refractivity contribution in [2.24, 2.45) is 17.8 Å². The van der Waals surface area contributed by atoms with E-state index < -0.39 is 27.8 Å². The number of hydrogen-bond donors (Lipinski definition) is 0.